The van der Waals surface area contributed by atoms with Crippen LogP contribution in [0.25, 0.3) is 0 Å². The van der Waals surface area contributed by atoms with Crippen molar-refractivity contribution in [3.63, 3.8) is 0 Å². The molecule has 0 aromatic heterocycles. The van der Waals surface area contributed by atoms with Crippen LogP contribution in [-0.2, 0) is 19.0 Å². The molecule has 23 heavy (non-hydrogen) atoms. The van der Waals surface area contributed by atoms with Crippen LogP contribution >= 0.6 is 0 Å². The third kappa shape index (κ3) is 2.48. The van der Waals surface area contributed by atoms with Gasteiger partial charge < -0.3 is 14.2 Å². The van der Waals surface area contributed by atoms with E-state index in [1.165, 1.54) is 0 Å². The monoisotopic (exact) mass is 313 g/mol. The number of rotatable bonds is 1. The Bertz CT molecular complexity index is 791. The molecular formula is C15H11N3O5. The first-order valence-corrected chi connectivity index (χ1v) is 6.64. The second kappa shape index (κ2) is 5.81. The summed E-state index contributed by atoms with van der Waals surface area (Å²) in [7, 11) is 1.16. The zero-order valence-corrected chi connectivity index (χ0v) is 12.0. The maximum absolute atomic E-state index is 12.1. The summed E-state index contributed by atoms with van der Waals surface area (Å²) in [5, 5.41) is 13.3. The maximum Gasteiger partial charge on any atom is 0.514 e. The van der Waals surface area contributed by atoms with Crippen molar-refractivity contribution in [2.24, 2.45) is 5.10 Å². The smallest absolute Gasteiger partial charge is 0.456 e. The van der Waals surface area contributed by atoms with Crippen molar-refractivity contribution < 1.29 is 23.8 Å². The first-order valence-electron chi connectivity index (χ1n) is 6.64. The Morgan fingerprint density at radius 2 is 2.26 bits per heavy atom. The van der Waals surface area contributed by atoms with Crippen LogP contribution in [0, 0.1) is 11.3 Å². The molecule has 0 fully saturated rings. The van der Waals surface area contributed by atoms with E-state index >= 15 is 0 Å². The molecule has 0 saturated heterocycles. The number of hydrazone groups is 1. The molecule has 0 spiro atoms. The van der Waals surface area contributed by atoms with Crippen LogP contribution in [0.5, 0.6) is 0 Å². The molecule has 0 bridgehead atoms. The number of carbonyl (C=O) groups excluding carboxylic acids is 2. The largest absolute Gasteiger partial charge is 0.514 e. The van der Waals surface area contributed by atoms with Crippen LogP contribution in [-0.4, -0.2) is 31.7 Å². The Morgan fingerprint density at radius 1 is 1.48 bits per heavy atom. The van der Waals surface area contributed by atoms with Crippen LogP contribution in [0.1, 0.15) is 17.0 Å². The minimum atomic E-state index is -0.972. The van der Waals surface area contributed by atoms with Crippen molar-refractivity contribution in [3.05, 3.63) is 46.7 Å². The van der Waals surface area contributed by atoms with Gasteiger partial charge in [-0.3, -0.25) is 5.43 Å². The van der Waals surface area contributed by atoms with Gasteiger partial charge >= 0.3 is 12.1 Å². The molecule has 2 aliphatic heterocycles. The van der Waals surface area contributed by atoms with Gasteiger partial charge in [-0.2, -0.15) is 5.26 Å². The molecule has 0 amide bonds. The van der Waals surface area contributed by atoms with Crippen molar-refractivity contribution in [2.75, 3.05) is 13.7 Å². The van der Waals surface area contributed by atoms with Gasteiger partial charge in [0, 0.05) is 0 Å². The summed E-state index contributed by atoms with van der Waals surface area (Å²) in [6.45, 7) is 0.0500. The molecule has 8 nitrogen and oxygen atoms in total. The fourth-order valence-electron chi connectivity index (χ4n) is 2.46. The average molecular weight is 313 g/mol. The highest BCUT2D eigenvalue weighted by Crippen LogP contribution is 2.36. The van der Waals surface area contributed by atoms with E-state index in [4.69, 9.17) is 9.47 Å². The van der Waals surface area contributed by atoms with Crippen LogP contribution < -0.4 is 5.43 Å². The minimum absolute atomic E-state index is 0.0500. The van der Waals surface area contributed by atoms with Crippen molar-refractivity contribution in [2.45, 2.75) is 5.92 Å². The molecule has 1 aromatic rings. The number of hydrogen-bond acceptors (Lipinski definition) is 8. The number of carbonyl (C=O) groups is 2. The minimum Gasteiger partial charge on any atom is -0.456 e. The average Bonchev–Trinajstić information content (AvgIpc) is 2.96. The third-order valence-electron chi connectivity index (χ3n) is 3.48. The quantitative estimate of drug-likeness (QED) is 0.774. The first-order chi connectivity index (χ1) is 11.2. The molecule has 3 rings (SSSR count). The van der Waals surface area contributed by atoms with Crippen molar-refractivity contribution in [1.29, 1.82) is 5.26 Å². The first kappa shape index (κ1) is 14.6. The Hall–Kier alpha value is -3.34. The lowest BCUT2D eigenvalue weighted by atomic mass is 9.86. The predicted octanol–water partition coefficient (Wildman–Crippen LogP) is 1.15. The highest BCUT2D eigenvalue weighted by Gasteiger charge is 2.41. The summed E-state index contributed by atoms with van der Waals surface area (Å²) < 4.78 is 14.5. The van der Waals surface area contributed by atoms with E-state index in [-0.39, 0.29) is 18.1 Å². The second-order valence-electron chi connectivity index (χ2n) is 4.72. The van der Waals surface area contributed by atoms with Gasteiger partial charge in [-0.1, -0.05) is 18.2 Å². The SMILES string of the molecule is COC(=O)OC1=NNC2=C(C(=O)OC2)C1c1ccccc1C#N. The molecule has 1 aromatic carbocycles. The molecule has 2 heterocycles. The Labute approximate surface area is 130 Å². The second-order valence-corrected chi connectivity index (χ2v) is 4.72. The molecule has 1 unspecified atom stereocenters. The number of nitrogens with one attached hydrogen (secondary N) is 1. The van der Waals surface area contributed by atoms with Crippen molar-refractivity contribution >= 4 is 18.0 Å². The summed E-state index contributed by atoms with van der Waals surface area (Å²) in [5.74, 6) is -1.46. The van der Waals surface area contributed by atoms with Gasteiger partial charge in [-0.05, 0) is 11.6 Å². The van der Waals surface area contributed by atoms with Gasteiger partial charge in [0.25, 0.3) is 0 Å². The number of methoxy groups -OCH3 is 1. The highest BCUT2D eigenvalue weighted by molar-refractivity contribution is 6.05. The molecule has 1 N–H and O–H groups in total. The lowest BCUT2D eigenvalue weighted by Gasteiger charge is -2.23. The van der Waals surface area contributed by atoms with Crippen LogP contribution in [0.15, 0.2) is 40.6 Å². The van der Waals surface area contributed by atoms with E-state index in [0.717, 1.165) is 7.11 Å². The van der Waals surface area contributed by atoms with Gasteiger partial charge in [-0.25, -0.2) is 9.59 Å². The highest BCUT2D eigenvalue weighted by atomic mass is 16.7. The lowest BCUT2D eigenvalue weighted by molar-refractivity contribution is -0.136. The Morgan fingerprint density at radius 3 is 3.00 bits per heavy atom. The van der Waals surface area contributed by atoms with E-state index in [1.807, 2.05) is 0 Å². The van der Waals surface area contributed by atoms with E-state index in [9.17, 15) is 14.9 Å². The van der Waals surface area contributed by atoms with Crippen LogP contribution in [0.2, 0.25) is 0 Å². The van der Waals surface area contributed by atoms with Gasteiger partial charge in [0.05, 0.1) is 35.9 Å². The predicted molar refractivity (Wildman–Crippen MR) is 75.9 cm³/mol. The fraction of sp³-hybridized carbons (Fsp3) is 0.200. The third-order valence-corrected chi connectivity index (χ3v) is 3.48. The summed E-state index contributed by atoms with van der Waals surface area (Å²) in [6, 6.07) is 8.74. The van der Waals surface area contributed by atoms with Crippen molar-refractivity contribution in [3.8, 4) is 6.07 Å². The molecule has 0 radical (unpaired) electrons. The lowest BCUT2D eigenvalue weighted by Crippen LogP contribution is -2.31. The van der Waals surface area contributed by atoms with Gasteiger partial charge in [0.1, 0.15) is 6.61 Å². The molecule has 2 aliphatic rings. The standard InChI is InChI=1S/C15H11N3O5/c1-21-15(20)23-13-11(9-5-3-2-4-8(9)6-16)12-10(17-18-13)7-22-14(12)19/h2-5,11,17H,7H2,1H3. The number of benzene rings is 1. The normalized spacial score (nSPS) is 19.0. The van der Waals surface area contributed by atoms with E-state index in [1.54, 1.807) is 24.3 Å². The Kier molecular flexibility index (Phi) is 3.68. The summed E-state index contributed by atoms with van der Waals surface area (Å²) in [4.78, 5) is 23.5. The zero-order valence-electron chi connectivity index (χ0n) is 12.0. The van der Waals surface area contributed by atoms with Crippen LogP contribution in [0.4, 0.5) is 4.79 Å². The topological polar surface area (TPSA) is 110 Å². The number of hydrogen-bond donors (Lipinski definition) is 1. The van der Waals surface area contributed by atoms with Crippen molar-refractivity contribution in [1.82, 2.24) is 5.43 Å². The molecule has 116 valence electrons. The van der Waals surface area contributed by atoms with E-state index < -0.39 is 18.0 Å². The van der Waals surface area contributed by atoms with Gasteiger partial charge in [-0.15, -0.1) is 5.10 Å². The number of nitrogens with zero attached hydrogens (tertiary/aromatic N) is 2. The fourth-order valence-corrected chi connectivity index (χ4v) is 2.46. The molecule has 8 heteroatoms. The number of esters is 1. The van der Waals surface area contributed by atoms with Crippen LogP contribution in [0.3, 0.4) is 0 Å². The summed E-state index contributed by atoms with van der Waals surface area (Å²) >= 11 is 0. The summed E-state index contributed by atoms with van der Waals surface area (Å²) in [6.07, 6.45) is -0.972. The molecule has 0 saturated carbocycles. The maximum atomic E-state index is 12.1. The molecular weight excluding hydrogens is 302 g/mol. The number of ether oxygens (including phenoxy) is 3. The summed E-state index contributed by atoms with van der Waals surface area (Å²) in [5.41, 5.74) is 4.21. The van der Waals surface area contributed by atoms with E-state index in [0.29, 0.717) is 16.8 Å². The van der Waals surface area contributed by atoms with E-state index in [2.05, 4.69) is 21.3 Å². The number of cyclic esters (lactones) is 1. The van der Waals surface area contributed by atoms with Gasteiger partial charge in [0.2, 0.25) is 5.90 Å². The molecule has 0 aliphatic carbocycles. The number of nitriles is 1. The van der Waals surface area contributed by atoms with Gasteiger partial charge in [0.15, 0.2) is 0 Å². The molecule has 1 atom stereocenters. The zero-order chi connectivity index (χ0) is 16.4. The Balaban J connectivity index is 2.10.